The van der Waals surface area contributed by atoms with E-state index in [0.29, 0.717) is 32.1 Å². The number of rotatable bonds is 76. The first-order valence-corrected chi connectivity index (χ1v) is 43.5. The molecule has 19 heteroatoms. The second-order valence-corrected chi connectivity index (χ2v) is 29.9. The SMILES string of the molecule is CCCCC/C=C\C/C=C\C/C=C\C/C=C\CCCC(=O)O[C@H](COC(=O)CCCCCCCCC/C=C\CCCCCC)COP(=O)(O)OC[C@H](O)COP(=O)(O)OC[C@@H](COC(=O)CCCCCCC/C=C\C/C=C\CCCCC)OC(=O)CCCCCCCCC/C=C\CCCCCC. The lowest BCUT2D eigenvalue weighted by atomic mass is 10.1. The third kappa shape index (κ3) is 74.3. The lowest BCUT2D eigenvalue weighted by Gasteiger charge is -2.21. The second-order valence-electron chi connectivity index (χ2n) is 27.0. The van der Waals surface area contributed by atoms with Crippen LogP contribution >= 0.6 is 15.6 Å². The quantitative estimate of drug-likeness (QED) is 0.0169. The van der Waals surface area contributed by atoms with E-state index in [1.165, 1.54) is 103 Å². The summed E-state index contributed by atoms with van der Waals surface area (Å²) in [5, 5.41) is 10.6. The molecule has 0 aromatic rings. The minimum Gasteiger partial charge on any atom is -0.462 e. The summed E-state index contributed by atoms with van der Waals surface area (Å²) < 4.78 is 68.6. The zero-order chi connectivity index (χ0) is 74.6. The van der Waals surface area contributed by atoms with E-state index in [2.05, 4.69) is 113 Å². The fourth-order valence-corrected chi connectivity index (χ4v) is 12.3. The average Bonchev–Trinajstić information content (AvgIpc) is 0.917. The Morgan fingerprint density at radius 3 is 0.804 bits per heavy atom. The molecule has 0 aliphatic heterocycles. The Kier molecular flexibility index (Phi) is 72.3. The maximum atomic E-state index is 13.1. The molecule has 2 unspecified atom stereocenters. The topological polar surface area (TPSA) is 237 Å². The maximum Gasteiger partial charge on any atom is 0.472 e. The molecule has 0 aromatic heterocycles. The molecule has 0 aliphatic rings. The van der Waals surface area contributed by atoms with Crippen LogP contribution in [0.4, 0.5) is 0 Å². The van der Waals surface area contributed by atoms with Crippen molar-refractivity contribution in [3.63, 3.8) is 0 Å². The number of carbonyl (C=O) groups is 4. The van der Waals surface area contributed by atoms with Crippen molar-refractivity contribution < 1.29 is 80.2 Å². The Bertz CT molecular complexity index is 2310. The van der Waals surface area contributed by atoms with Gasteiger partial charge in [0.2, 0.25) is 0 Å². The van der Waals surface area contributed by atoms with Gasteiger partial charge in [-0.25, -0.2) is 9.13 Å². The van der Waals surface area contributed by atoms with E-state index in [9.17, 15) is 43.2 Å². The standard InChI is InChI=1S/C83H146O17P2/c1-5-9-13-17-21-25-29-33-37-38-42-46-50-54-58-62-66-70-83(88)100-79(74-94-81(86)68-64-60-56-52-48-44-40-35-31-27-23-19-15-11-7-3)76-98-102(91,92)96-72-77(84)71-95-101(89,90)97-75-78(99-82(87)69-65-61-57-53-49-45-41-36-32-28-24-20-16-12-8-4)73-93-80(85)67-63-59-55-51-47-43-39-34-30-26-22-18-14-10-6-2/h21-22,25-28,31-34,37,39,42,46,54,58,77-79,84H,5-20,23-24,29-30,35-36,38,40-41,43-45,47-53,55-57,59-76H2,1-4H3,(H,89,90)(H,91,92)/b25-21-,26-22-,31-27-,32-28-,37-33-,39-34-,46-42-,58-54-/t77-,78-,79-/m1/s1. The van der Waals surface area contributed by atoms with Crippen LogP contribution < -0.4 is 0 Å². The molecule has 0 radical (unpaired) electrons. The fourth-order valence-electron chi connectivity index (χ4n) is 10.8. The normalized spacial score (nSPS) is 14.4. The molecule has 5 atom stereocenters. The first-order chi connectivity index (χ1) is 49.7. The average molecular weight is 1480 g/mol. The highest BCUT2D eigenvalue weighted by molar-refractivity contribution is 7.47. The van der Waals surface area contributed by atoms with Crippen LogP contribution in [0.1, 0.15) is 349 Å². The van der Waals surface area contributed by atoms with Crippen LogP contribution in [0.3, 0.4) is 0 Å². The van der Waals surface area contributed by atoms with Crippen LogP contribution in [0, 0.1) is 0 Å². The van der Waals surface area contributed by atoms with Crippen molar-refractivity contribution in [3.8, 4) is 0 Å². The predicted octanol–water partition coefficient (Wildman–Crippen LogP) is 23.6. The molecular weight excluding hydrogens is 1330 g/mol. The number of ether oxygens (including phenoxy) is 4. The van der Waals surface area contributed by atoms with Gasteiger partial charge in [0.1, 0.15) is 19.3 Å². The van der Waals surface area contributed by atoms with Crippen LogP contribution in [-0.4, -0.2) is 96.7 Å². The van der Waals surface area contributed by atoms with Crippen molar-refractivity contribution in [1.29, 1.82) is 0 Å². The van der Waals surface area contributed by atoms with Gasteiger partial charge in [-0.05, 0) is 148 Å². The molecule has 0 heterocycles. The number of allylic oxidation sites excluding steroid dienone is 16. The Balaban J connectivity index is 5.42. The molecule has 102 heavy (non-hydrogen) atoms. The molecule has 3 N–H and O–H groups in total. The van der Waals surface area contributed by atoms with Gasteiger partial charge in [0.25, 0.3) is 0 Å². The van der Waals surface area contributed by atoms with Gasteiger partial charge in [-0.15, -0.1) is 0 Å². The highest BCUT2D eigenvalue weighted by atomic mass is 31.2. The van der Waals surface area contributed by atoms with Gasteiger partial charge < -0.3 is 33.8 Å². The summed E-state index contributed by atoms with van der Waals surface area (Å²) in [5.41, 5.74) is 0. The summed E-state index contributed by atoms with van der Waals surface area (Å²) >= 11 is 0. The van der Waals surface area contributed by atoms with E-state index in [-0.39, 0.29) is 25.7 Å². The van der Waals surface area contributed by atoms with E-state index in [0.717, 1.165) is 161 Å². The van der Waals surface area contributed by atoms with E-state index in [4.69, 9.17) is 37.0 Å². The third-order valence-electron chi connectivity index (χ3n) is 17.0. The molecule has 0 fully saturated rings. The van der Waals surface area contributed by atoms with Crippen LogP contribution in [0.15, 0.2) is 97.2 Å². The molecule has 0 saturated heterocycles. The molecule has 17 nitrogen and oxygen atoms in total. The van der Waals surface area contributed by atoms with Gasteiger partial charge in [0.05, 0.1) is 26.4 Å². The van der Waals surface area contributed by atoms with Gasteiger partial charge in [-0.2, -0.15) is 0 Å². The minimum atomic E-state index is -4.99. The van der Waals surface area contributed by atoms with Crippen LogP contribution in [0.25, 0.3) is 0 Å². The van der Waals surface area contributed by atoms with Crippen molar-refractivity contribution in [1.82, 2.24) is 0 Å². The maximum absolute atomic E-state index is 13.1. The van der Waals surface area contributed by atoms with Gasteiger partial charge in [0, 0.05) is 25.7 Å². The molecule has 0 rings (SSSR count). The number of hydrogen-bond donors (Lipinski definition) is 3. The zero-order valence-electron chi connectivity index (χ0n) is 64.5. The summed E-state index contributed by atoms with van der Waals surface area (Å²) in [6.07, 6.45) is 79.5. The molecule has 0 aliphatic carbocycles. The Morgan fingerprint density at radius 1 is 0.275 bits per heavy atom. The molecule has 590 valence electrons. The molecule has 0 spiro atoms. The first kappa shape index (κ1) is 98.0. The highest BCUT2D eigenvalue weighted by Crippen LogP contribution is 2.45. The van der Waals surface area contributed by atoms with Crippen LogP contribution in [0.5, 0.6) is 0 Å². The smallest absolute Gasteiger partial charge is 0.462 e. The number of unbranched alkanes of at least 4 members (excludes halogenated alkanes) is 34. The number of carbonyl (C=O) groups excluding carboxylic acids is 4. The lowest BCUT2D eigenvalue weighted by Crippen LogP contribution is -2.30. The monoisotopic (exact) mass is 1480 g/mol. The summed E-state index contributed by atoms with van der Waals surface area (Å²) in [7, 11) is -9.97. The van der Waals surface area contributed by atoms with Crippen molar-refractivity contribution in [2.24, 2.45) is 0 Å². The molecule has 0 bridgehead atoms. The summed E-state index contributed by atoms with van der Waals surface area (Å²) in [6.45, 7) is 4.75. The largest absolute Gasteiger partial charge is 0.472 e. The van der Waals surface area contributed by atoms with Crippen molar-refractivity contribution in [2.45, 2.75) is 367 Å². The van der Waals surface area contributed by atoms with Crippen LogP contribution in [-0.2, 0) is 65.4 Å². The second kappa shape index (κ2) is 75.2. The zero-order valence-corrected chi connectivity index (χ0v) is 66.3. The van der Waals surface area contributed by atoms with Gasteiger partial charge in [0.15, 0.2) is 12.2 Å². The van der Waals surface area contributed by atoms with Gasteiger partial charge in [-0.3, -0.25) is 37.3 Å². The van der Waals surface area contributed by atoms with Gasteiger partial charge in [-0.1, -0.05) is 273 Å². The number of aliphatic hydroxyl groups excluding tert-OH is 1. The number of esters is 4. The number of phosphoric ester groups is 2. The third-order valence-corrected chi connectivity index (χ3v) is 18.9. The minimum absolute atomic E-state index is 0.0188. The Morgan fingerprint density at radius 2 is 0.490 bits per heavy atom. The number of hydrogen-bond acceptors (Lipinski definition) is 15. The predicted molar refractivity (Wildman–Crippen MR) is 418 cm³/mol. The molecule has 0 amide bonds. The summed E-state index contributed by atoms with van der Waals surface area (Å²) in [5.74, 6) is -2.25. The highest BCUT2D eigenvalue weighted by Gasteiger charge is 2.30. The summed E-state index contributed by atoms with van der Waals surface area (Å²) in [4.78, 5) is 73.0. The summed E-state index contributed by atoms with van der Waals surface area (Å²) in [6, 6.07) is 0. The Labute approximate surface area is 620 Å². The van der Waals surface area contributed by atoms with Gasteiger partial charge >= 0.3 is 39.5 Å². The number of aliphatic hydroxyl groups is 1. The number of phosphoric acid groups is 2. The van der Waals surface area contributed by atoms with E-state index < -0.39 is 97.5 Å². The molecule has 0 aromatic carbocycles. The fraction of sp³-hybridized carbons (Fsp3) is 0.759. The van der Waals surface area contributed by atoms with E-state index in [1.807, 2.05) is 12.2 Å². The molecule has 0 saturated carbocycles. The lowest BCUT2D eigenvalue weighted by molar-refractivity contribution is -0.161. The first-order valence-electron chi connectivity index (χ1n) is 40.5. The molecular formula is C83H146O17P2. The van der Waals surface area contributed by atoms with Crippen molar-refractivity contribution in [2.75, 3.05) is 39.6 Å². The van der Waals surface area contributed by atoms with Crippen molar-refractivity contribution >= 4 is 39.5 Å². The van der Waals surface area contributed by atoms with E-state index in [1.54, 1.807) is 0 Å². The Hall–Kier alpha value is -4.02. The van der Waals surface area contributed by atoms with E-state index >= 15 is 0 Å². The van der Waals surface area contributed by atoms with Crippen molar-refractivity contribution in [3.05, 3.63) is 97.2 Å². The van der Waals surface area contributed by atoms with Crippen LogP contribution in [0.2, 0.25) is 0 Å².